The van der Waals surface area contributed by atoms with Crippen molar-refractivity contribution in [1.82, 2.24) is 10.2 Å². The molecule has 0 heterocycles. The minimum Gasteiger partial charge on any atom is -0.479 e. The summed E-state index contributed by atoms with van der Waals surface area (Å²) in [4.78, 5) is 37.0. The minimum absolute atomic E-state index is 0.182. The van der Waals surface area contributed by atoms with E-state index in [1.54, 1.807) is 30.3 Å². The van der Waals surface area contributed by atoms with Gasteiger partial charge in [-0.2, -0.15) is 0 Å². The SMILES string of the molecule is CC(=O)N(CCc1ccccc1)CC(=O)N[C@@H](C(=O)O)c1ccccc1. The molecule has 0 spiro atoms. The number of carbonyl (C=O) groups excluding carboxylic acids is 2. The molecule has 2 amide bonds. The van der Waals surface area contributed by atoms with Gasteiger partial charge in [0.25, 0.3) is 0 Å². The summed E-state index contributed by atoms with van der Waals surface area (Å²) in [6, 6.07) is 17.0. The Morgan fingerprint density at radius 2 is 1.58 bits per heavy atom. The van der Waals surface area contributed by atoms with Crippen molar-refractivity contribution in [1.29, 1.82) is 0 Å². The summed E-state index contributed by atoms with van der Waals surface area (Å²) in [5.41, 5.74) is 1.54. The summed E-state index contributed by atoms with van der Waals surface area (Å²) in [7, 11) is 0. The van der Waals surface area contributed by atoms with Gasteiger partial charge in [0.05, 0.1) is 6.54 Å². The summed E-state index contributed by atoms with van der Waals surface area (Å²) in [6.07, 6.45) is 0.620. The molecule has 2 N–H and O–H groups in total. The molecule has 0 aromatic heterocycles. The van der Waals surface area contributed by atoms with Crippen LogP contribution in [0.3, 0.4) is 0 Å². The summed E-state index contributed by atoms with van der Waals surface area (Å²) < 4.78 is 0. The summed E-state index contributed by atoms with van der Waals surface area (Å²) in [5.74, 6) is -1.89. The van der Waals surface area contributed by atoms with E-state index in [0.717, 1.165) is 5.56 Å². The van der Waals surface area contributed by atoms with Crippen molar-refractivity contribution in [3.63, 3.8) is 0 Å². The Morgan fingerprint density at radius 3 is 2.12 bits per heavy atom. The van der Waals surface area contributed by atoms with Gasteiger partial charge in [-0.3, -0.25) is 9.59 Å². The number of nitrogens with one attached hydrogen (secondary N) is 1. The van der Waals surface area contributed by atoms with E-state index in [9.17, 15) is 19.5 Å². The Balaban J connectivity index is 1.97. The number of benzene rings is 2. The van der Waals surface area contributed by atoms with Crippen LogP contribution < -0.4 is 5.32 Å². The molecule has 0 aliphatic carbocycles. The third-order valence-electron chi connectivity index (χ3n) is 3.98. The zero-order valence-electron chi connectivity index (χ0n) is 14.6. The van der Waals surface area contributed by atoms with Gasteiger partial charge in [0.1, 0.15) is 0 Å². The van der Waals surface area contributed by atoms with Crippen LogP contribution in [0.5, 0.6) is 0 Å². The molecule has 1 atom stereocenters. The zero-order valence-corrected chi connectivity index (χ0v) is 14.6. The molecule has 0 radical (unpaired) electrons. The molecule has 0 saturated carbocycles. The summed E-state index contributed by atoms with van der Waals surface area (Å²) >= 11 is 0. The first kappa shape index (κ1) is 19.2. The molecule has 0 unspecified atom stereocenters. The lowest BCUT2D eigenvalue weighted by molar-refractivity contribution is -0.142. The van der Waals surface area contributed by atoms with E-state index in [1.807, 2.05) is 30.3 Å². The zero-order chi connectivity index (χ0) is 18.9. The Morgan fingerprint density at radius 1 is 1.00 bits per heavy atom. The minimum atomic E-state index is -1.15. The maximum atomic E-state index is 12.3. The van der Waals surface area contributed by atoms with Crippen molar-refractivity contribution in [3.8, 4) is 0 Å². The normalized spacial score (nSPS) is 11.4. The van der Waals surface area contributed by atoms with E-state index in [4.69, 9.17) is 0 Å². The first-order chi connectivity index (χ1) is 12.5. The fourth-order valence-electron chi connectivity index (χ4n) is 2.57. The average Bonchev–Trinajstić information content (AvgIpc) is 2.64. The summed E-state index contributed by atoms with van der Waals surface area (Å²) in [6.45, 7) is 1.60. The molecule has 6 heteroatoms. The van der Waals surface area contributed by atoms with Gasteiger partial charge in [-0.05, 0) is 17.5 Å². The van der Waals surface area contributed by atoms with Gasteiger partial charge in [0, 0.05) is 13.5 Å². The average molecular weight is 354 g/mol. The van der Waals surface area contributed by atoms with Crippen molar-refractivity contribution in [2.75, 3.05) is 13.1 Å². The van der Waals surface area contributed by atoms with Gasteiger partial charge in [0.15, 0.2) is 6.04 Å². The second kappa shape index (κ2) is 9.36. The molecular weight excluding hydrogens is 332 g/mol. The van der Waals surface area contributed by atoms with E-state index in [0.29, 0.717) is 18.5 Å². The lowest BCUT2D eigenvalue weighted by Crippen LogP contribution is -2.43. The van der Waals surface area contributed by atoms with Crippen molar-refractivity contribution in [2.24, 2.45) is 0 Å². The van der Waals surface area contributed by atoms with Crippen molar-refractivity contribution in [2.45, 2.75) is 19.4 Å². The van der Waals surface area contributed by atoms with E-state index in [2.05, 4.69) is 5.32 Å². The summed E-state index contributed by atoms with van der Waals surface area (Å²) in [5, 5.41) is 11.9. The molecule has 0 aliphatic heterocycles. The Bertz CT molecular complexity index is 747. The van der Waals surface area contributed by atoms with Gasteiger partial charge < -0.3 is 15.3 Å². The fourth-order valence-corrected chi connectivity index (χ4v) is 2.57. The number of carbonyl (C=O) groups is 3. The van der Waals surface area contributed by atoms with Gasteiger partial charge in [-0.25, -0.2) is 4.79 Å². The lowest BCUT2D eigenvalue weighted by Gasteiger charge is -2.22. The Hall–Kier alpha value is -3.15. The highest BCUT2D eigenvalue weighted by atomic mass is 16.4. The highest BCUT2D eigenvalue weighted by molar-refractivity contribution is 5.88. The molecule has 0 saturated heterocycles. The molecule has 2 aromatic rings. The number of nitrogens with zero attached hydrogens (tertiary/aromatic N) is 1. The molecule has 2 aromatic carbocycles. The largest absolute Gasteiger partial charge is 0.479 e. The Labute approximate surface area is 152 Å². The first-order valence-electron chi connectivity index (χ1n) is 8.34. The number of aliphatic carboxylic acids is 1. The molecule has 0 bridgehead atoms. The second-order valence-corrected chi connectivity index (χ2v) is 5.93. The maximum absolute atomic E-state index is 12.3. The molecule has 2 rings (SSSR count). The van der Waals surface area contributed by atoms with E-state index < -0.39 is 17.9 Å². The van der Waals surface area contributed by atoms with Crippen molar-refractivity contribution in [3.05, 3.63) is 71.8 Å². The number of carboxylic acids is 1. The second-order valence-electron chi connectivity index (χ2n) is 5.93. The van der Waals surface area contributed by atoms with Crippen LogP contribution in [0.25, 0.3) is 0 Å². The molecule has 0 aliphatic rings. The maximum Gasteiger partial charge on any atom is 0.330 e. The number of hydrogen-bond donors (Lipinski definition) is 2. The smallest absolute Gasteiger partial charge is 0.330 e. The van der Waals surface area contributed by atoms with Crippen LogP contribution in [0.1, 0.15) is 24.1 Å². The number of hydrogen-bond acceptors (Lipinski definition) is 3. The molecule has 0 fully saturated rings. The highest BCUT2D eigenvalue weighted by Crippen LogP contribution is 2.12. The van der Waals surface area contributed by atoms with Crippen LogP contribution in [0, 0.1) is 0 Å². The van der Waals surface area contributed by atoms with E-state index in [-0.39, 0.29) is 12.5 Å². The van der Waals surface area contributed by atoms with Gasteiger partial charge in [-0.15, -0.1) is 0 Å². The van der Waals surface area contributed by atoms with E-state index >= 15 is 0 Å². The lowest BCUT2D eigenvalue weighted by atomic mass is 10.1. The number of rotatable bonds is 8. The van der Waals surface area contributed by atoms with Gasteiger partial charge >= 0.3 is 5.97 Å². The number of amides is 2. The fraction of sp³-hybridized carbons (Fsp3) is 0.250. The number of carboxylic acid groups (broad SMARTS) is 1. The molecular formula is C20H22N2O4. The topological polar surface area (TPSA) is 86.7 Å². The van der Waals surface area contributed by atoms with Crippen LogP contribution in [0.2, 0.25) is 0 Å². The predicted molar refractivity (Wildman–Crippen MR) is 97.4 cm³/mol. The van der Waals surface area contributed by atoms with Gasteiger partial charge in [-0.1, -0.05) is 60.7 Å². The third kappa shape index (κ3) is 5.73. The highest BCUT2D eigenvalue weighted by Gasteiger charge is 2.23. The van der Waals surface area contributed by atoms with Crippen molar-refractivity contribution >= 4 is 17.8 Å². The monoisotopic (exact) mass is 354 g/mol. The molecule has 6 nitrogen and oxygen atoms in total. The van der Waals surface area contributed by atoms with Crippen LogP contribution in [-0.2, 0) is 20.8 Å². The van der Waals surface area contributed by atoms with E-state index in [1.165, 1.54) is 11.8 Å². The van der Waals surface area contributed by atoms with Crippen LogP contribution in [0.15, 0.2) is 60.7 Å². The Kier molecular flexibility index (Phi) is 6.91. The molecule has 26 heavy (non-hydrogen) atoms. The van der Waals surface area contributed by atoms with Crippen LogP contribution >= 0.6 is 0 Å². The van der Waals surface area contributed by atoms with Gasteiger partial charge in [0.2, 0.25) is 11.8 Å². The predicted octanol–water partition coefficient (Wildman–Crippen LogP) is 2.02. The quantitative estimate of drug-likeness (QED) is 0.759. The molecule has 136 valence electrons. The van der Waals surface area contributed by atoms with Crippen LogP contribution in [-0.4, -0.2) is 40.9 Å². The van der Waals surface area contributed by atoms with Crippen LogP contribution in [0.4, 0.5) is 0 Å². The third-order valence-corrected chi connectivity index (χ3v) is 3.98. The van der Waals surface area contributed by atoms with Crippen molar-refractivity contribution < 1.29 is 19.5 Å². The standard InChI is InChI=1S/C20H22N2O4/c1-15(23)22(13-12-16-8-4-2-5-9-16)14-18(24)21-19(20(25)26)17-10-6-3-7-11-17/h2-11,19H,12-14H2,1H3,(H,21,24)(H,25,26)/t19-/m1/s1. The first-order valence-corrected chi connectivity index (χ1v) is 8.34.